The van der Waals surface area contributed by atoms with Crippen LogP contribution in [-0.2, 0) is 33.7 Å². The molecule has 0 unspecified atom stereocenters. The number of carbonyl (C=O) groups is 3. The number of benzene rings is 2. The zero-order valence-electron chi connectivity index (χ0n) is 24.2. The number of rotatable bonds is 7. The maximum atomic E-state index is 13.7. The highest BCUT2D eigenvalue weighted by Crippen LogP contribution is 2.41. The lowest BCUT2D eigenvalue weighted by atomic mass is 9.80. The molecule has 3 aromatic rings. The van der Waals surface area contributed by atoms with Gasteiger partial charge >= 0.3 is 5.97 Å². The number of esters is 1. The lowest BCUT2D eigenvalue weighted by molar-refractivity contribution is -0.160. The second-order valence-electron chi connectivity index (χ2n) is 12.1. The van der Waals surface area contributed by atoms with Crippen molar-refractivity contribution in [3.8, 4) is 11.3 Å². The van der Waals surface area contributed by atoms with Gasteiger partial charge < -0.3 is 19.9 Å². The molecule has 2 heterocycles. The average Bonchev–Trinajstić information content (AvgIpc) is 3.56. The number of carbonyl (C=O) groups excluding carboxylic acids is 3. The maximum Gasteiger partial charge on any atom is 0.307 e. The predicted octanol–water partition coefficient (Wildman–Crippen LogP) is 4.33. The molecule has 2 amide bonds. The van der Waals surface area contributed by atoms with Crippen molar-refractivity contribution >= 4 is 29.1 Å². The van der Waals surface area contributed by atoms with Gasteiger partial charge in [-0.1, -0.05) is 36.4 Å². The zero-order valence-corrected chi connectivity index (χ0v) is 25.1. The standard InChI is InChI=1S/C32H38N4O4S/c1-31(2,3)40-28(37)19-32(17-24-7-5-6-8-25(24)18-32)30(39)33-20-27-34-26(21-41-27)22-9-11-23(12-10-22)29(38)36-15-13-35(4)14-16-36/h5-12,21H,13-20H2,1-4H3,(H,33,39). The molecule has 1 aliphatic carbocycles. The fourth-order valence-corrected chi connectivity index (χ4v) is 6.30. The van der Waals surface area contributed by atoms with Crippen LogP contribution in [0.15, 0.2) is 53.9 Å². The predicted molar refractivity (Wildman–Crippen MR) is 160 cm³/mol. The van der Waals surface area contributed by atoms with Crippen LogP contribution < -0.4 is 5.32 Å². The molecule has 0 bridgehead atoms. The molecule has 1 fully saturated rings. The van der Waals surface area contributed by atoms with Gasteiger partial charge in [-0.25, -0.2) is 4.98 Å². The van der Waals surface area contributed by atoms with Crippen molar-refractivity contribution < 1.29 is 19.1 Å². The molecule has 0 saturated carbocycles. The van der Waals surface area contributed by atoms with Crippen LogP contribution >= 0.6 is 11.3 Å². The van der Waals surface area contributed by atoms with E-state index in [1.54, 1.807) is 0 Å². The van der Waals surface area contributed by atoms with E-state index in [0.29, 0.717) is 18.4 Å². The summed E-state index contributed by atoms with van der Waals surface area (Å²) in [7, 11) is 2.07. The van der Waals surface area contributed by atoms with E-state index >= 15 is 0 Å². The fraction of sp³-hybridized carbons (Fsp3) is 0.438. The molecule has 9 heteroatoms. The maximum absolute atomic E-state index is 13.7. The topological polar surface area (TPSA) is 91.8 Å². The minimum atomic E-state index is -0.891. The molecule has 5 rings (SSSR count). The third-order valence-electron chi connectivity index (χ3n) is 7.73. The van der Waals surface area contributed by atoms with Gasteiger partial charge in [0.05, 0.1) is 24.1 Å². The van der Waals surface area contributed by atoms with Crippen molar-refractivity contribution in [1.82, 2.24) is 20.1 Å². The summed E-state index contributed by atoms with van der Waals surface area (Å²) >= 11 is 1.47. The van der Waals surface area contributed by atoms with Crippen LogP contribution in [0.3, 0.4) is 0 Å². The Morgan fingerprint density at radius 2 is 1.61 bits per heavy atom. The van der Waals surface area contributed by atoms with Crippen LogP contribution in [0.5, 0.6) is 0 Å². The van der Waals surface area contributed by atoms with Gasteiger partial charge in [-0.15, -0.1) is 11.3 Å². The Balaban J connectivity index is 1.23. The van der Waals surface area contributed by atoms with Crippen molar-refractivity contribution in [1.29, 1.82) is 0 Å². The molecule has 2 aromatic carbocycles. The molecule has 0 atom stereocenters. The highest BCUT2D eigenvalue weighted by atomic mass is 32.1. The zero-order chi connectivity index (χ0) is 29.2. The van der Waals surface area contributed by atoms with Gasteiger partial charge in [0.15, 0.2) is 0 Å². The van der Waals surface area contributed by atoms with E-state index < -0.39 is 11.0 Å². The SMILES string of the molecule is CN1CCN(C(=O)c2ccc(-c3csc(CNC(=O)C4(CC(=O)OC(C)(C)C)Cc5ccccc5C4)n3)cc2)CC1. The van der Waals surface area contributed by atoms with Gasteiger partial charge in [0.25, 0.3) is 5.91 Å². The number of nitrogens with zero attached hydrogens (tertiary/aromatic N) is 3. The van der Waals surface area contributed by atoms with Crippen LogP contribution in [0.1, 0.15) is 53.7 Å². The minimum absolute atomic E-state index is 0.0209. The van der Waals surface area contributed by atoms with E-state index in [-0.39, 0.29) is 30.7 Å². The number of hydrogen-bond acceptors (Lipinski definition) is 7. The Bertz CT molecular complexity index is 1390. The molecule has 1 aliphatic heterocycles. The summed E-state index contributed by atoms with van der Waals surface area (Å²) in [6.45, 7) is 9.02. The Kier molecular flexibility index (Phi) is 8.29. The van der Waals surface area contributed by atoms with Gasteiger partial charge in [-0.3, -0.25) is 14.4 Å². The Morgan fingerprint density at radius 1 is 0.976 bits per heavy atom. The number of fused-ring (bicyclic) bond motifs is 1. The van der Waals surface area contributed by atoms with Crippen LogP contribution in [0.4, 0.5) is 0 Å². The molecular weight excluding hydrogens is 536 g/mol. The van der Waals surface area contributed by atoms with Gasteiger partial charge in [0.1, 0.15) is 10.6 Å². The van der Waals surface area contributed by atoms with Crippen LogP contribution in [-0.4, -0.2) is 71.4 Å². The van der Waals surface area contributed by atoms with Gasteiger partial charge in [0, 0.05) is 42.7 Å². The summed E-state index contributed by atoms with van der Waals surface area (Å²) in [6.07, 6.45) is 1.01. The third kappa shape index (κ3) is 6.85. The summed E-state index contributed by atoms with van der Waals surface area (Å²) in [4.78, 5) is 48.2. The van der Waals surface area contributed by atoms with Crippen molar-refractivity contribution in [2.75, 3.05) is 33.2 Å². The second-order valence-corrected chi connectivity index (χ2v) is 13.1. The minimum Gasteiger partial charge on any atom is -0.460 e. The quantitative estimate of drug-likeness (QED) is 0.423. The molecule has 2 aliphatic rings. The number of hydrogen-bond donors (Lipinski definition) is 1. The summed E-state index contributed by atoms with van der Waals surface area (Å²) in [5.74, 6) is -0.477. The molecule has 1 aromatic heterocycles. The Morgan fingerprint density at radius 3 is 2.22 bits per heavy atom. The number of aromatic nitrogens is 1. The summed E-state index contributed by atoms with van der Waals surface area (Å²) in [6, 6.07) is 15.5. The molecule has 216 valence electrons. The molecule has 8 nitrogen and oxygen atoms in total. The monoisotopic (exact) mass is 574 g/mol. The first kappa shape index (κ1) is 29.0. The largest absolute Gasteiger partial charge is 0.460 e. The van der Waals surface area contributed by atoms with Gasteiger partial charge in [-0.05, 0) is 63.9 Å². The Hall–Kier alpha value is -3.56. The van der Waals surface area contributed by atoms with Gasteiger partial charge in [0.2, 0.25) is 5.91 Å². The molecule has 1 N–H and O–H groups in total. The summed E-state index contributed by atoms with van der Waals surface area (Å²) in [5, 5.41) is 5.79. The molecule has 0 spiro atoms. The number of likely N-dealkylation sites (N-methyl/N-ethyl adjacent to an activating group) is 1. The van der Waals surface area contributed by atoms with Crippen LogP contribution in [0, 0.1) is 5.41 Å². The van der Waals surface area contributed by atoms with E-state index in [9.17, 15) is 14.4 Å². The van der Waals surface area contributed by atoms with E-state index in [1.165, 1.54) is 11.3 Å². The van der Waals surface area contributed by atoms with Crippen molar-refractivity contribution in [3.05, 3.63) is 75.6 Å². The number of amides is 2. The summed E-state index contributed by atoms with van der Waals surface area (Å²) in [5.41, 5.74) is 3.07. The van der Waals surface area contributed by atoms with Gasteiger partial charge in [-0.2, -0.15) is 0 Å². The van der Waals surface area contributed by atoms with E-state index in [0.717, 1.165) is 53.6 Å². The number of piperazine rings is 1. The number of ether oxygens (including phenoxy) is 1. The highest BCUT2D eigenvalue weighted by Gasteiger charge is 2.46. The third-order valence-corrected chi connectivity index (χ3v) is 8.58. The van der Waals surface area contributed by atoms with Crippen molar-refractivity contribution in [2.24, 2.45) is 5.41 Å². The second kappa shape index (κ2) is 11.7. The van der Waals surface area contributed by atoms with E-state index in [1.807, 2.05) is 79.6 Å². The van der Waals surface area contributed by atoms with Crippen LogP contribution in [0.2, 0.25) is 0 Å². The molecule has 0 radical (unpaired) electrons. The number of thiazole rings is 1. The Labute approximate surface area is 245 Å². The smallest absolute Gasteiger partial charge is 0.307 e. The molecular formula is C32H38N4O4S. The lowest BCUT2D eigenvalue weighted by Gasteiger charge is -2.32. The van der Waals surface area contributed by atoms with E-state index in [2.05, 4.69) is 17.3 Å². The van der Waals surface area contributed by atoms with Crippen molar-refractivity contribution in [3.63, 3.8) is 0 Å². The first-order valence-corrected chi connectivity index (χ1v) is 15.0. The molecule has 41 heavy (non-hydrogen) atoms. The first-order chi connectivity index (χ1) is 19.5. The number of nitrogens with one attached hydrogen (secondary N) is 1. The lowest BCUT2D eigenvalue weighted by Crippen LogP contribution is -2.47. The highest BCUT2D eigenvalue weighted by molar-refractivity contribution is 7.09. The molecule has 1 saturated heterocycles. The van der Waals surface area contributed by atoms with E-state index in [4.69, 9.17) is 9.72 Å². The fourth-order valence-electron chi connectivity index (χ4n) is 5.56. The first-order valence-electron chi connectivity index (χ1n) is 14.1. The van der Waals surface area contributed by atoms with Crippen LogP contribution in [0.25, 0.3) is 11.3 Å². The normalized spacial score (nSPS) is 16.7. The average molecular weight is 575 g/mol. The summed E-state index contributed by atoms with van der Waals surface area (Å²) < 4.78 is 5.60. The van der Waals surface area contributed by atoms with Crippen molar-refractivity contribution in [2.45, 2.75) is 52.2 Å².